The molecule has 103 heavy (non-hydrogen) atoms. The minimum atomic E-state index is 0.156. The molecule has 21 aromatic rings. The number of furan rings is 4. The van der Waals surface area contributed by atoms with Crippen molar-refractivity contribution in [2.75, 3.05) is 0 Å². The van der Waals surface area contributed by atoms with E-state index in [9.17, 15) is 5.26 Å². The van der Waals surface area contributed by atoms with Gasteiger partial charge in [-0.2, -0.15) is 10.5 Å². The van der Waals surface area contributed by atoms with Crippen molar-refractivity contribution in [3.63, 3.8) is 0 Å². The topological polar surface area (TPSA) is 157 Å². The minimum absolute atomic E-state index is 0.156. The number of halogens is 1. The second kappa shape index (κ2) is 23.6. The molecule has 0 fully saturated rings. The van der Waals surface area contributed by atoms with Gasteiger partial charge in [0.05, 0.1) is 34.3 Å². The predicted molar refractivity (Wildman–Crippen MR) is 413 cm³/mol. The van der Waals surface area contributed by atoms with Gasteiger partial charge < -0.3 is 17.7 Å². The molecular weight excluding hydrogens is 1290 g/mol. The van der Waals surface area contributed by atoms with Crippen LogP contribution in [-0.2, 0) is 6.42 Å². The molecule has 0 saturated heterocycles. The maximum absolute atomic E-state index is 9.31. The highest BCUT2D eigenvalue weighted by atomic mass is 35.5. The van der Waals surface area contributed by atoms with Crippen molar-refractivity contribution < 1.29 is 17.7 Å². The van der Waals surface area contributed by atoms with Crippen molar-refractivity contribution in [2.24, 2.45) is 0 Å². The number of hydrogen-bond donors (Lipinski definition) is 0. The number of nitrogens with zero attached hydrogens (tertiary/aromatic N) is 7. The van der Waals surface area contributed by atoms with Gasteiger partial charge in [-0.15, -0.1) is 0 Å². The number of hydrogen-bond acceptors (Lipinski definition) is 10. The molecule has 0 atom stereocenters. The molecule has 7 aromatic heterocycles. The first-order chi connectivity index (χ1) is 50.8. The zero-order valence-electron chi connectivity index (χ0n) is 54.6. The predicted octanol–water partition coefficient (Wildman–Crippen LogP) is 24.3. The van der Waals surface area contributed by atoms with Crippen molar-refractivity contribution in [1.29, 1.82) is 10.5 Å². The first-order valence-electron chi connectivity index (χ1n) is 33.8. The third-order valence-corrected chi connectivity index (χ3v) is 20.2. The molecule has 12 heteroatoms. The number of para-hydroxylation sites is 3. The van der Waals surface area contributed by atoms with Crippen LogP contribution in [0.15, 0.2) is 309 Å². The molecular formula is C91H50ClN7O4. The number of benzene rings is 14. The van der Waals surface area contributed by atoms with Gasteiger partial charge in [0.1, 0.15) is 55.9 Å². The number of aromatic nitrogens is 5. The van der Waals surface area contributed by atoms with Crippen molar-refractivity contribution in [3.8, 4) is 74.0 Å². The van der Waals surface area contributed by atoms with Crippen LogP contribution in [0.5, 0.6) is 0 Å². The zero-order valence-corrected chi connectivity index (χ0v) is 55.3. The molecule has 1 aliphatic carbocycles. The van der Waals surface area contributed by atoms with Crippen LogP contribution in [0.1, 0.15) is 22.3 Å². The summed E-state index contributed by atoms with van der Waals surface area (Å²) < 4.78 is 27.4. The SMILES string of the molecule is N#Cc1ccc(-c2ccc3c(c2)oc2c(-c4ccc5oc6ccccc6c5c4)nc(-n4c5ccccc5c5cc6ccccc6cc54)nc23)cc1.N#Cc1ccc(-c2ccc3c(c2)oc2c(-c4ccc5oc6ccccc6c5c4)nc(Cl)nc23)cc1.c1ccc2c(c1)Cc1cc3ccccc3cc1-2. The van der Waals surface area contributed by atoms with Crippen LogP contribution in [0.4, 0.5) is 0 Å². The monoisotopic (exact) mass is 1340 g/mol. The fraction of sp³-hybridized carbons (Fsp3) is 0.0110. The lowest BCUT2D eigenvalue weighted by molar-refractivity contribution is 0.666. The van der Waals surface area contributed by atoms with Crippen LogP contribution < -0.4 is 0 Å². The number of rotatable bonds is 5. The smallest absolute Gasteiger partial charge is 0.236 e. The van der Waals surface area contributed by atoms with E-state index in [2.05, 4.69) is 178 Å². The van der Waals surface area contributed by atoms with E-state index in [1.807, 2.05) is 127 Å². The number of fused-ring (bicyclic) bond motifs is 20. The summed E-state index contributed by atoms with van der Waals surface area (Å²) in [6.07, 6.45) is 1.08. The van der Waals surface area contributed by atoms with E-state index < -0.39 is 0 Å². The van der Waals surface area contributed by atoms with Crippen LogP contribution in [0.25, 0.3) is 193 Å². The fourth-order valence-electron chi connectivity index (χ4n) is 15.0. The van der Waals surface area contributed by atoms with Gasteiger partial charge >= 0.3 is 0 Å². The van der Waals surface area contributed by atoms with E-state index in [0.717, 1.165) is 127 Å². The Bertz CT molecular complexity index is 7210. The summed E-state index contributed by atoms with van der Waals surface area (Å²) in [6, 6.07) is 103. The first kappa shape index (κ1) is 59.1. The Morgan fingerprint density at radius 2 is 0.786 bits per heavy atom. The van der Waals surface area contributed by atoms with Crippen LogP contribution in [0, 0.1) is 22.7 Å². The van der Waals surface area contributed by atoms with Crippen molar-refractivity contribution in [1.82, 2.24) is 24.5 Å². The lowest BCUT2D eigenvalue weighted by Gasteiger charge is -2.10. The van der Waals surface area contributed by atoms with Crippen LogP contribution >= 0.6 is 11.6 Å². The Hall–Kier alpha value is -14.0. The van der Waals surface area contributed by atoms with E-state index >= 15 is 0 Å². The lowest BCUT2D eigenvalue weighted by Crippen LogP contribution is -2.02. The third kappa shape index (κ3) is 9.94. The molecule has 14 aromatic carbocycles. The Kier molecular flexibility index (Phi) is 13.6. The molecule has 480 valence electrons. The fourth-order valence-corrected chi connectivity index (χ4v) is 15.2. The largest absolute Gasteiger partial charge is 0.456 e. The molecule has 1 aliphatic rings. The van der Waals surface area contributed by atoms with Gasteiger partial charge in [-0.05, 0) is 205 Å². The van der Waals surface area contributed by atoms with Crippen molar-refractivity contribution in [2.45, 2.75) is 6.42 Å². The molecule has 0 unspecified atom stereocenters. The molecule has 0 aliphatic heterocycles. The van der Waals surface area contributed by atoms with Gasteiger partial charge in [0.2, 0.25) is 11.2 Å². The average molecular weight is 1340 g/mol. The van der Waals surface area contributed by atoms with Gasteiger partial charge in [-0.25, -0.2) is 19.9 Å². The summed E-state index contributed by atoms with van der Waals surface area (Å²) in [5.74, 6) is 0.565. The lowest BCUT2D eigenvalue weighted by atomic mass is 10.0. The minimum Gasteiger partial charge on any atom is -0.456 e. The molecule has 7 heterocycles. The van der Waals surface area contributed by atoms with Crippen LogP contribution in [0.2, 0.25) is 5.28 Å². The van der Waals surface area contributed by atoms with Gasteiger partial charge in [0.25, 0.3) is 0 Å². The second-order valence-electron chi connectivity index (χ2n) is 26.0. The van der Waals surface area contributed by atoms with Crippen molar-refractivity contribution >= 4 is 143 Å². The third-order valence-electron chi connectivity index (χ3n) is 20.0. The molecule has 22 rings (SSSR count). The summed E-state index contributed by atoms with van der Waals surface area (Å²) in [6.45, 7) is 0. The number of nitriles is 2. The molecule has 11 nitrogen and oxygen atoms in total. The summed E-state index contributed by atoms with van der Waals surface area (Å²) in [5.41, 5.74) is 23.4. The Morgan fingerprint density at radius 3 is 1.39 bits per heavy atom. The van der Waals surface area contributed by atoms with E-state index in [-0.39, 0.29) is 5.28 Å². The Balaban J connectivity index is 0.000000117. The quantitative estimate of drug-likeness (QED) is 0.152. The van der Waals surface area contributed by atoms with Crippen molar-refractivity contribution in [3.05, 3.63) is 319 Å². The van der Waals surface area contributed by atoms with Gasteiger partial charge in [-0.3, -0.25) is 4.57 Å². The summed E-state index contributed by atoms with van der Waals surface area (Å²) in [7, 11) is 0. The summed E-state index contributed by atoms with van der Waals surface area (Å²) in [4.78, 5) is 19.7. The average Bonchev–Trinajstić information content (AvgIpc) is 1.58. The maximum Gasteiger partial charge on any atom is 0.236 e. The maximum atomic E-state index is 9.31. The molecule has 0 radical (unpaired) electrons. The van der Waals surface area contributed by atoms with E-state index in [0.29, 0.717) is 56.3 Å². The van der Waals surface area contributed by atoms with E-state index in [4.69, 9.17) is 44.5 Å². The van der Waals surface area contributed by atoms with Crippen LogP contribution in [-0.4, -0.2) is 24.5 Å². The Morgan fingerprint density at radius 1 is 0.311 bits per heavy atom. The molecule has 0 bridgehead atoms. The highest BCUT2D eigenvalue weighted by molar-refractivity contribution is 6.29. The molecule has 0 saturated carbocycles. The first-order valence-corrected chi connectivity index (χ1v) is 34.2. The summed E-state index contributed by atoms with van der Waals surface area (Å²) in [5, 5.41) is 31.7. The van der Waals surface area contributed by atoms with E-state index in [1.54, 1.807) is 12.1 Å². The van der Waals surface area contributed by atoms with Gasteiger partial charge in [-0.1, -0.05) is 170 Å². The summed E-state index contributed by atoms with van der Waals surface area (Å²) >= 11 is 6.37. The van der Waals surface area contributed by atoms with Crippen LogP contribution in [0.3, 0.4) is 0 Å². The van der Waals surface area contributed by atoms with Gasteiger partial charge in [0.15, 0.2) is 11.2 Å². The molecule has 0 spiro atoms. The standard InChI is InChI=1S/C45H24N4O2.C29H14ClN3O2.C17H12/c46-25-26-13-15-27(16-14-26)30-17-19-34-41(24-30)51-44-42(31-18-20-40-36(22-31)33-10-4-6-12-39(33)50-40)47-45(48-43(34)44)49-37-11-5-3-9-32(37)35-21-28-7-1-2-8-29(28)23-38(35)49;30-29-32-26(19-10-12-24-22(13-19)20-3-1-2-4-23(20)34-24)28-27(33-29)21-11-9-18(14-25(21)35-28)17-7-5-16(15-31)6-8-17;1-2-6-13-11-17-15(9-12(13)5-1)10-14-7-3-4-8-16(14)17/h1-24H;1-14H;1-9,11H,10H2. The van der Waals surface area contributed by atoms with Gasteiger partial charge in [0, 0.05) is 54.2 Å². The second-order valence-corrected chi connectivity index (χ2v) is 26.3. The highest BCUT2D eigenvalue weighted by Gasteiger charge is 2.25. The Labute approximate surface area is 591 Å². The van der Waals surface area contributed by atoms with E-state index in [1.165, 1.54) is 38.4 Å². The normalized spacial score (nSPS) is 11.9. The zero-order chi connectivity index (χ0) is 68.4. The highest BCUT2D eigenvalue weighted by Crippen LogP contribution is 2.44. The molecule has 0 N–H and O–H groups in total. The molecule has 0 amide bonds.